The summed E-state index contributed by atoms with van der Waals surface area (Å²) >= 11 is 0. The van der Waals surface area contributed by atoms with Crippen LogP contribution in [0.3, 0.4) is 0 Å². The van der Waals surface area contributed by atoms with Gasteiger partial charge in [-0.15, -0.1) is 0 Å². The zero-order valence-corrected chi connectivity index (χ0v) is 30.3. The van der Waals surface area contributed by atoms with Crippen LogP contribution in [-0.2, 0) is 0 Å². The van der Waals surface area contributed by atoms with E-state index in [1.165, 1.54) is 52.4 Å². The molecule has 0 atom stereocenters. The van der Waals surface area contributed by atoms with E-state index in [0.717, 1.165) is 0 Å². The third-order valence-electron chi connectivity index (χ3n) is 3.10. The Balaban J connectivity index is -0.0000000175. The molecule has 140 valence electrons. The molecule has 0 aliphatic carbocycles. The Morgan fingerprint density at radius 3 is 0.783 bits per heavy atom. The SMILES string of the molecule is C[NH+]1CC[NH2+]CC1.C[NH+]1CC[NH2+]CC1.O.[Br-].[Br-].[Br-].[Br-].[Br-].[Br-].[K+].[K+]. The fourth-order valence-electron chi connectivity index (χ4n) is 1.93. The predicted octanol–water partition coefficient (Wildman–Crippen LogP) is -30.6. The van der Waals surface area contributed by atoms with Crippen molar-refractivity contribution in [3.05, 3.63) is 0 Å². The summed E-state index contributed by atoms with van der Waals surface area (Å²) in [5, 5.41) is 4.76. The van der Waals surface area contributed by atoms with Crippen LogP contribution in [0, 0.1) is 0 Å². The summed E-state index contributed by atoms with van der Waals surface area (Å²) < 4.78 is 0. The van der Waals surface area contributed by atoms with Crippen LogP contribution in [0.4, 0.5) is 0 Å². The number of likely N-dealkylation sites (N-methyl/N-ethyl adjacent to an activating group) is 2. The Morgan fingerprint density at radius 2 is 0.696 bits per heavy atom. The van der Waals surface area contributed by atoms with Crippen molar-refractivity contribution in [2.75, 3.05) is 66.5 Å². The van der Waals surface area contributed by atoms with Crippen molar-refractivity contribution in [3.8, 4) is 0 Å². The topological polar surface area (TPSA) is 73.6 Å². The molecule has 23 heavy (non-hydrogen) atoms. The molecule has 2 aliphatic heterocycles. The molecule has 0 unspecified atom stereocenters. The van der Waals surface area contributed by atoms with Crippen LogP contribution in [-0.4, -0.2) is 71.9 Å². The van der Waals surface area contributed by atoms with Crippen molar-refractivity contribution in [2.24, 2.45) is 0 Å². The van der Waals surface area contributed by atoms with Gasteiger partial charge in [0.2, 0.25) is 0 Å². The molecule has 0 amide bonds. The molecule has 2 saturated heterocycles. The van der Waals surface area contributed by atoms with Gasteiger partial charge in [-0.05, 0) is 0 Å². The van der Waals surface area contributed by atoms with Crippen LogP contribution in [0.15, 0.2) is 0 Å². The molecule has 0 aromatic heterocycles. The Kier molecular flexibility index (Phi) is 104. The fourth-order valence-corrected chi connectivity index (χ4v) is 1.93. The van der Waals surface area contributed by atoms with Gasteiger partial charge in [0.1, 0.15) is 52.4 Å². The Hall–Kier alpha value is 5.95. The van der Waals surface area contributed by atoms with Crippen LogP contribution in [0.1, 0.15) is 0 Å². The number of quaternary nitrogens is 4. The average molecular weight is 780 g/mol. The van der Waals surface area contributed by atoms with Crippen molar-refractivity contribution in [2.45, 2.75) is 0 Å². The monoisotopic (exact) mass is 774 g/mol. The molecule has 0 aromatic carbocycles. The van der Waals surface area contributed by atoms with Gasteiger partial charge in [-0.3, -0.25) is 0 Å². The maximum atomic E-state index is 2.38. The second-order valence-electron chi connectivity index (χ2n) is 4.65. The molecule has 0 radical (unpaired) electrons. The van der Waals surface area contributed by atoms with E-state index in [4.69, 9.17) is 0 Å². The van der Waals surface area contributed by atoms with E-state index in [9.17, 15) is 0 Å². The summed E-state index contributed by atoms with van der Waals surface area (Å²) in [4.78, 5) is 3.37. The van der Waals surface area contributed by atoms with E-state index in [0.29, 0.717) is 0 Å². The predicted molar refractivity (Wildman–Crippen MR) is 60.2 cm³/mol. The largest absolute Gasteiger partial charge is 1.00 e. The molecular weight excluding hydrogens is 750 g/mol. The summed E-state index contributed by atoms with van der Waals surface area (Å²) in [6.07, 6.45) is 0. The molecule has 2 rings (SSSR count). The minimum atomic E-state index is 0. The Morgan fingerprint density at radius 1 is 0.522 bits per heavy atom. The van der Waals surface area contributed by atoms with Gasteiger partial charge in [0.25, 0.3) is 0 Å². The molecule has 5 nitrogen and oxygen atoms in total. The first-order valence-electron chi connectivity index (χ1n) is 6.05. The number of piperazine rings is 2. The minimum Gasteiger partial charge on any atom is -1.00 e. The van der Waals surface area contributed by atoms with Gasteiger partial charge in [-0.25, -0.2) is 0 Å². The van der Waals surface area contributed by atoms with Crippen LogP contribution in [0.5, 0.6) is 0 Å². The molecule has 0 bridgehead atoms. The van der Waals surface area contributed by atoms with Crippen molar-refractivity contribution < 1.29 is 231 Å². The first-order chi connectivity index (χ1) is 6.79. The molecule has 0 saturated carbocycles. The average Bonchev–Trinajstić information content (AvgIpc) is 2.21. The molecule has 2 fully saturated rings. The first-order valence-corrected chi connectivity index (χ1v) is 6.05. The van der Waals surface area contributed by atoms with Crippen molar-refractivity contribution in [1.82, 2.24) is 0 Å². The Labute approximate surface area is 290 Å². The van der Waals surface area contributed by atoms with Gasteiger partial charge in [0, 0.05) is 0 Å². The summed E-state index contributed by atoms with van der Waals surface area (Å²) in [6, 6.07) is 0. The summed E-state index contributed by atoms with van der Waals surface area (Å²) in [7, 11) is 4.51. The second kappa shape index (κ2) is 42.1. The third kappa shape index (κ3) is 39.1. The molecule has 2 heterocycles. The van der Waals surface area contributed by atoms with E-state index in [2.05, 4.69) is 24.7 Å². The number of nitrogens with one attached hydrogen (secondary N) is 2. The van der Waals surface area contributed by atoms with Crippen molar-refractivity contribution in [1.29, 1.82) is 0 Å². The molecule has 0 spiro atoms. The number of halogens is 6. The standard InChI is InChI=1S/2C5H12N2.6BrH.2K.H2O/c2*1-7-4-2-6-3-5-7;;;;;;;;;/h2*6H,2-5H2,1H3;6*1H;;;1H2/q;;;;;;;;2*+1;/p-2. The minimum absolute atomic E-state index is 0. The normalized spacial score (nSPS) is 15.4. The van der Waals surface area contributed by atoms with Crippen molar-refractivity contribution in [3.63, 3.8) is 0 Å². The van der Waals surface area contributed by atoms with Crippen LogP contribution in [0.2, 0.25) is 0 Å². The number of nitrogens with two attached hydrogens (primary N) is 2. The van der Waals surface area contributed by atoms with E-state index < -0.39 is 0 Å². The quantitative estimate of drug-likeness (QED) is 0.177. The molecule has 13 heteroatoms. The maximum Gasteiger partial charge on any atom is 1.00 e. The van der Waals surface area contributed by atoms with Gasteiger partial charge in [0.15, 0.2) is 0 Å². The summed E-state index contributed by atoms with van der Waals surface area (Å²) in [5.41, 5.74) is 0. The molecule has 2 aliphatic rings. The van der Waals surface area contributed by atoms with Gasteiger partial charge in [-0.2, -0.15) is 0 Å². The van der Waals surface area contributed by atoms with Crippen LogP contribution < -0.4 is 225 Å². The molecular formula is C10H30Br6K2N4O. The van der Waals surface area contributed by atoms with E-state index in [-0.39, 0.29) is 210 Å². The van der Waals surface area contributed by atoms with Crippen LogP contribution >= 0.6 is 0 Å². The zero-order valence-electron chi connectivity index (χ0n) is 14.6. The number of hydrogen-bond acceptors (Lipinski definition) is 0. The summed E-state index contributed by atoms with van der Waals surface area (Å²) in [5.74, 6) is 0. The summed E-state index contributed by atoms with van der Waals surface area (Å²) in [6.45, 7) is 10.7. The van der Waals surface area contributed by atoms with E-state index in [1.54, 1.807) is 9.80 Å². The maximum absolute atomic E-state index is 2.38. The Bertz CT molecular complexity index is 145. The smallest absolute Gasteiger partial charge is 1.00 e. The zero-order chi connectivity index (χ0) is 10.2. The number of hydrogen-bond donors (Lipinski definition) is 4. The van der Waals surface area contributed by atoms with Gasteiger partial charge in [0.05, 0.1) is 14.1 Å². The van der Waals surface area contributed by atoms with E-state index >= 15 is 0 Å². The molecule has 0 aromatic rings. The third-order valence-corrected chi connectivity index (χ3v) is 3.10. The second-order valence-corrected chi connectivity index (χ2v) is 4.65. The van der Waals surface area contributed by atoms with Crippen molar-refractivity contribution >= 4 is 0 Å². The first kappa shape index (κ1) is 56.8. The van der Waals surface area contributed by atoms with Gasteiger partial charge in [-0.1, -0.05) is 0 Å². The fraction of sp³-hybridized carbons (Fsp3) is 1.00. The van der Waals surface area contributed by atoms with Gasteiger partial charge >= 0.3 is 103 Å². The number of rotatable bonds is 0. The van der Waals surface area contributed by atoms with Gasteiger partial charge < -0.3 is 128 Å². The van der Waals surface area contributed by atoms with E-state index in [1.807, 2.05) is 0 Å². The molecule has 8 N–H and O–H groups in total. The van der Waals surface area contributed by atoms with Crippen LogP contribution in [0.25, 0.3) is 0 Å².